The van der Waals surface area contributed by atoms with Crippen molar-refractivity contribution < 1.29 is 19.1 Å². The Morgan fingerprint density at radius 3 is 2.16 bits per heavy atom. The summed E-state index contributed by atoms with van der Waals surface area (Å²) in [5.41, 5.74) is 3.16. The van der Waals surface area contributed by atoms with Gasteiger partial charge >= 0.3 is 5.97 Å². The Morgan fingerprint density at radius 1 is 1.00 bits per heavy atom. The lowest BCUT2D eigenvalue weighted by Gasteiger charge is -2.10. The quantitative estimate of drug-likeness (QED) is 0.810. The molecule has 0 saturated heterocycles. The summed E-state index contributed by atoms with van der Waals surface area (Å²) in [6.45, 7) is 7.42. The van der Waals surface area contributed by atoms with E-state index in [1.165, 1.54) is 0 Å². The molecule has 0 bridgehead atoms. The molecule has 2 rings (SSSR count). The lowest BCUT2D eigenvalue weighted by molar-refractivity contribution is -0.119. The first-order valence-corrected chi connectivity index (χ1v) is 8.15. The normalized spacial score (nSPS) is 10.4. The molecular weight excluding hydrogens is 318 g/mol. The van der Waals surface area contributed by atoms with Crippen molar-refractivity contribution in [1.29, 1.82) is 0 Å². The molecule has 2 aromatic rings. The molecule has 0 aromatic heterocycles. The van der Waals surface area contributed by atoms with E-state index in [1.807, 2.05) is 45.9 Å². The van der Waals surface area contributed by atoms with Gasteiger partial charge in [0.25, 0.3) is 5.91 Å². The monoisotopic (exact) mass is 341 g/mol. The summed E-state index contributed by atoms with van der Waals surface area (Å²) < 4.78 is 10.6. The van der Waals surface area contributed by atoms with Gasteiger partial charge in [0.05, 0.1) is 11.7 Å². The molecule has 0 aliphatic carbocycles. The highest BCUT2D eigenvalue weighted by atomic mass is 16.5. The van der Waals surface area contributed by atoms with Gasteiger partial charge in [0.1, 0.15) is 5.75 Å². The smallest absolute Gasteiger partial charge is 0.338 e. The minimum atomic E-state index is -0.549. The molecule has 0 unspecified atom stereocenters. The first kappa shape index (κ1) is 18.5. The number of anilines is 1. The van der Waals surface area contributed by atoms with Crippen molar-refractivity contribution in [3.05, 3.63) is 59.2 Å². The molecule has 0 spiro atoms. The Kier molecular flexibility index (Phi) is 6.17. The average Bonchev–Trinajstić information content (AvgIpc) is 2.51. The van der Waals surface area contributed by atoms with E-state index in [0.29, 0.717) is 17.0 Å². The Hall–Kier alpha value is -2.82. The van der Waals surface area contributed by atoms with Crippen molar-refractivity contribution in [3.8, 4) is 5.75 Å². The second kappa shape index (κ2) is 8.33. The van der Waals surface area contributed by atoms with E-state index in [2.05, 4.69) is 5.32 Å². The van der Waals surface area contributed by atoms with E-state index in [0.717, 1.165) is 11.1 Å². The van der Waals surface area contributed by atoms with Gasteiger partial charge in [-0.05, 0) is 75.2 Å². The molecule has 0 atom stereocenters. The number of benzene rings is 2. The molecule has 5 heteroatoms. The fourth-order valence-electron chi connectivity index (χ4n) is 2.40. The van der Waals surface area contributed by atoms with Gasteiger partial charge in [0.2, 0.25) is 0 Å². The summed E-state index contributed by atoms with van der Waals surface area (Å²) in [5.74, 6) is -0.246. The fraction of sp³-hybridized carbons (Fsp3) is 0.300. The first-order valence-electron chi connectivity index (χ1n) is 8.15. The molecule has 132 valence electrons. The number of carbonyl (C=O) groups excluding carboxylic acids is 2. The largest absolute Gasteiger partial charge is 0.491 e. The zero-order valence-corrected chi connectivity index (χ0v) is 15.0. The van der Waals surface area contributed by atoms with Crippen LogP contribution >= 0.6 is 0 Å². The Morgan fingerprint density at radius 2 is 1.60 bits per heavy atom. The van der Waals surface area contributed by atoms with Crippen LogP contribution < -0.4 is 10.1 Å². The van der Waals surface area contributed by atoms with Crippen LogP contribution in [0, 0.1) is 13.8 Å². The van der Waals surface area contributed by atoms with Crippen LogP contribution in [0.2, 0.25) is 0 Å². The van der Waals surface area contributed by atoms with Gasteiger partial charge in [-0.1, -0.05) is 6.07 Å². The topological polar surface area (TPSA) is 64.6 Å². The van der Waals surface area contributed by atoms with E-state index in [4.69, 9.17) is 9.47 Å². The second-order valence-electron chi connectivity index (χ2n) is 6.19. The number of amides is 1. The van der Waals surface area contributed by atoms with Crippen molar-refractivity contribution >= 4 is 17.6 Å². The number of aryl methyl sites for hydroxylation is 2. The average molecular weight is 341 g/mol. The third-order valence-electron chi connectivity index (χ3n) is 3.30. The standard InChI is InChI=1S/C20H23NO4/c1-13(2)25-18-7-5-16(6-8-18)20(23)24-12-19(22)21-17-10-14(3)9-15(4)11-17/h5-11,13H,12H2,1-4H3,(H,21,22). The van der Waals surface area contributed by atoms with Crippen LogP contribution in [0.5, 0.6) is 5.75 Å². The number of rotatable bonds is 6. The molecule has 1 amide bonds. The van der Waals surface area contributed by atoms with Gasteiger partial charge in [0.15, 0.2) is 6.61 Å². The van der Waals surface area contributed by atoms with Crippen LogP contribution in [-0.2, 0) is 9.53 Å². The molecule has 0 heterocycles. The van der Waals surface area contributed by atoms with E-state index in [1.54, 1.807) is 24.3 Å². The van der Waals surface area contributed by atoms with E-state index in [-0.39, 0.29) is 18.6 Å². The number of esters is 1. The lowest BCUT2D eigenvalue weighted by atomic mass is 10.1. The summed E-state index contributed by atoms with van der Waals surface area (Å²) in [7, 11) is 0. The molecular formula is C20H23NO4. The van der Waals surface area contributed by atoms with Crippen molar-refractivity contribution in [3.63, 3.8) is 0 Å². The van der Waals surface area contributed by atoms with Crippen molar-refractivity contribution in [2.24, 2.45) is 0 Å². The predicted octanol–water partition coefficient (Wildman–Crippen LogP) is 3.89. The summed E-state index contributed by atoms with van der Waals surface area (Å²) >= 11 is 0. The molecule has 0 aliphatic rings. The van der Waals surface area contributed by atoms with Gasteiger partial charge in [-0.3, -0.25) is 4.79 Å². The Balaban J connectivity index is 1.87. The molecule has 2 aromatic carbocycles. The van der Waals surface area contributed by atoms with Gasteiger partial charge in [0, 0.05) is 5.69 Å². The van der Waals surface area contributed by atoms with Crippen LogP contribution in [-0.4, -0.2) is 24.6 Å². The van der Waals surface area contributed by atoms with E-state index in [9.17, 15) is 9.59 Å². The van der Waals surface area contributed by atoms with Crippen LogP contribution in [0.15, 0.2) is 42.5 Å². The molecule has 0 aliphatic heterocycles. The van der Waals surface area contributed by atoms with Crippen LogP contribution in [0.4, 0.5) is 5.69 Å². The maximum Gasteiger partial charge on any atom is 0.338 e. The number of hydrogen-bond donors (Lipinski definition) is 1. The Bertz CT molecular complexity index is 731. The summed E-state index contributed by atoms with van der Waals surface area (Å²) in [4.78, 5) is 23.9. The predicted molar refractivity (Wildman–Crippen MR) is 97.0 cm³/mol. The summed E-state index contributed by atoms with van der Waals surface area (Å²) in [6.07, 6.45) is 0.0618. The summed E-state index contributed by atoms with van der Waals surface area (Å²) in [5, 5.41) is 2.72. The van der Waals surface area contributed by atoms with Crippen LogP contribution in [0.25, 0.3) is 0 Å². The number of nitrogens with one attached hydrogen (secondary N) is 1. The van der Waals surface area contributed by atoms with Crippen molar-refractivity contribution in [2.75, 3.05) is 11.9 Å². The third kappa shape index (κ3) is 5.95. The zero-order valence-electron chi connectivity index (χ0n) is 15.0. The van der Waals surface area contributed by atoms with Crippen molar-refractivity contribution in [1.82, 2.24) is 0 Å². The molecule has 1 N–H and O–H groups in total. The minimum absolute atomic E-state index is 0.0618. The Labute approximate surface area is 148 Å². The number of carbonyl (C=O) groups is 2. The molecule has 0 saturated carbocycles. The highest BCUT2D eigenvalue weighted by molar-refractivity contribution is 5.95. The molecule has 5 nitrogen and oxygen atoms in total. The lowest BCUT2D eigenvalue weighted by Crippen LogP contribution is -2.21. The van der Waals surface area contributed by atoms with Crippen LogP contribution in [0.3, 0.4) is 0 Å². The van der Waals surface area contributed by atoms with Crippen molar-refractivity contribution in [2.45, 2.75) is 33.8 Å². The van der Waals surface area contributed by atoms with E-state index < -0.39 is 5.97 Å². The minimum Gasteiger partial charge on any atom is -0.491 e. The maximum atomic E-state index is 12.0. The fourth-order valence-corrected chi connectivity index (χ4v) is 2.40. The van der Waals surface area contributed by atoms with Crippen LogP contribution in [0.1, 0.15) is 35.3 Å². The van der Waals surface area contributed by atoms with Gasteiger partial charge < -0.3 is 14.8 Å². The molecule has 0 fully saturated rings. The second-order valence-corrected chi connectivity index (χ2v) is 6.19. The van der Waals surface area contributed by atoms with E-state index >= 15 is 0 Å². The molecule has 25 heavy (non-hydrogen) atoms. The summed E-state index contributed by atoms with van der Waals surface area (Å²) in [6, 6.07) is 12.4. The third-order valence-corrected chi connectivity index (χ3v) is 3.30. The SMILES string of the molecule is Cc1cc(C)cc(NC(=O)COC(=O)c2ccc(OC(C)C)cc2)c1. The van der Waals surface area contributed by atoms with Gasteiger partial charge in [-0.25, -0.2) is 4.79 Å². The maximum absolute atomic E-state index is 12.0. The molecule has 0 radical (unpaired) electrons. The highest BCUT2D eigenvalue weighted by Gasteiger charge is 2.11. The zero-order chi connectivity index (χ0) is 18.4. The highest BCUT2D eigenvalue weighted by Crippen LogP contribution is 2.15. The first-order chi connectivity index (χ1) is 11.8. The van der Waals surface area contributed by atoms with Gasteiger partial charge in [-0.15, -0.1) is 0 Å². The number of ether oxygens (including phenoxy) is 2. The number of hydrogen-bond acceptors (Lipinski definition) is 4. The van der Waals surface area contributed by atoms with Gasteiger partial charge in [-0.2, -0.15) is 0 Å².